The van der Waals surface area contributed by atoms with Crippen molar-refractivity contribution in [1.29, 1.82) is 0 Å². The van der Waals surface area contributed by atoms with Gasteiger partial charge in [-0.25, -0.2) is 4.98 Å². The van der Waals surface area contributed by atoms with Crippen LogP contribution >= 0.6 is 15.9 Å². The molecule has 0 radical (unpaired) electrons. The maximum atomic E-state index is 13.0. The van der Waals surface area contributed by atoms with Gasteiger partial charge >= 0.3 is 0 Å². The summed E-state index contributed by atoms with van der Waals surface area (Å²) in [5, 5.41) is 0. The second-order valence-corrected chi connectivity index (χ2v) is 5.31. The average molecular weight is 353 g/mol. The molecule has 4 nitrogen and oxygen atoms in total. The second-order valence-electron chi connectivity index (χ2n) is 4.40. The first-order valence-electron chi connectivity index (χ1n) is 6.31. The molecule has 0 saturated carbocycles. The minimum absolute atomic E-state index is 0.268. The number of hydrogen-bond acceptors (Lipinski definition) is 3. The summed E-state index contributed by atoms with van der Waals surface area (Å²) in [5.41, 5.74) is 0.272. The maximum absolute atomic E-state index is 13.0. The number of halogens is 2. The van der Waals surface area contributed by atoms with Crippen molar-refractivity contribution in [1.82, 2.24) is 9.88 Å². The van der Waals surface area contributed by atoms with E-state index in [9.17, 15) is 9.18 Å². The van der Waals surface area contributed by atoms with Crippen molar-refractivity contribution in [3.8, 4) is 5.75 Å². The van der Waals surface area contributed by atoms with Crippen molar-refractivity contribution < 1.29 is 13.9 Å². The Labute approximate surface area is 130 Å². The van der Waals surface area contributed by atoms with Gasteiger partial charge in [0.15, 0.2) is 0 Å². The molecule has 110 valence electrons. The number of carbonyl (C=O) groups excluding carboxylic acids is 1. The first kappa shape index (κ1) is 15.4. The van der Waals surface area contributed by atoms with Crippen LogP contribution in [0, 0.1) is 5.95 Å². The Balaban J connectivity index is 1.85. The van der Waals surface area contributed by atoms with E-state index in [2.05, 4.69) is 20.9 Å². The van der Waals surface area contributed by atoms with Crippen LogP contribution in [-0.4, -0.2) is 36.0 Å². The fraction of sp³-hybridized carbons (Fsp3) is 0.200. The lowest BCUT2D eigenvalue weighted by atomic mass is 10.2. The maximum Gasteiger partial charge on any atom is 0.253 e. The molecule has 21 heavy (non-hydrogen) atoms. The van der Waals surface area contributed by atoms with Crippen molar-refractivity contribution in [2.24, 2.45) is 0 Å². The lowest BCUT2D eigenvalue weighted by molar-refractivity contribution is 0.0773. The van der Waals surface area contributed by atoms with Crippen LogP contribution in [0.1, 0.15) is 10.4 Å². The standard InChI is InChI=1S/C15H14BrFN2O2/c1-19(15(20)11-6-7-18-14(17)10-11)8-9-21-13-4-2-12(16)3-5-13/h2-7,10H,8-9H2,1H3. The molecule has 6 heteroatoms. The summed E-state index contributed by atoms with van der Waals surface area (Å²) in [4.78, 5) is 17.0. The summed E-state index contributed by atoms with van der Waals surface area (Å²) in [6.45, 7) is 0.760. The molecule has 2 aromatic rings. The van der Waals surface area contributed by atoms with Crippen LogP contribution in [0.4, 0.5) is 4.39 Å². The lowest BCUT2D eigenvalue weighted by Crippen LogP contribution is -2.31. The molecular formula is C15H14BrFN2O2. The molecule has 0 aliphatic rings. The number of benzene rings is 1. The third kappa shape index (κ3) is 4.53. The van der Waals surface area contributed by atoms with Gasteiger partial charge in [0.2, 0.25) is 5.95 Å². The molecule has 1 amide bonds. The number of rotatable bonds is 5. The Bertz CT molecular complexity index is 619. The number of aromatic nitrogens is 1. The van der Waals surface area contributed by atoms with E-state index >= 15 is 0 Å². The van der Waals surface area contributed by atoms with Crippen LogP contribution in [0.2, 0.25) is 0 Å². The number of hydrogen-bond donors (Lipinski definition) is 0. The summed E-state index contributed by atoms with van der Waals surface area (Å²) in [6.07, 6.45) is 1.27. The molecule has 0 aliphatic heterocycles. The first-order valence-corrected chi connectivity index (χ1v) is 7.11. The molecule has 0 saturated heterocycles. The highest BCUT2D eigenvalue weighted by molar-refractivity contribution is 9.10. The van der Waals surface area contributed by atoms with Gasteiger partial charge in [0.1, 0.15) is 12.4 Å². The zero-order valence-electron chi connectivity index (χ0n) is 11.4. The molecule has 1 aromatic heterocycles. The van der Waals surface area contributed by atoms with Gasteiger partial charge in [0.25, 0.3) is 5.91 Å². The van der Waals surface area contributed by atoms with E-state index < -0.39 is 5.95 Å². The monoisotopic (exact) mass is 352 g/mol. The molecular weight excluding hydrogens is 339 g/mol. The van der Waals surface area contributed by atoms with Crippen molar-refractivity contribution in [2.75, 3.05) is 20.2 Å². The molecule has 0 fully saturated rings. The van der Waals surface area contributed by atoms with Crippen LogP contribution in [0.15, 0.2) is 47.1 Å². The summed E-state index contributed by atoms with van der Waals surface area (Å²) in [7, 11) is 1.64. The smallest absolute Gasteiger partial charge is 0.253 e. The largest absolute Gasteiger partial charge is 0.492 e. The third-order valence-electron chi connectivity index (χ3n) is 2.83. The van der Waals surface area contributed by atoms with Crippen LogP contribution in [-0.2, 0) is 0 Å². The molecule has 0 atom stereocenters. The fourth-order valence-electron chi connectivity index (χ4n) is 1.69. The highest BCUT2D eigenvalue weighted by Crippen LogP contribution is 2.16. The van der Waals surface area contributed by atoms with Gasteiger partial charge < -0.3 is 9.64 Å². The van der Waals surface area contributed by atoms with Gasteiger partial charge in [0.05, 0.1) is 6.54 Å². The van der Waals surface area contributed by atoms with E-state index in [0.29, 0.717) is 13.2 Å². The van der Waals surface area contributed by atoms with E-state index in [-0.39, 0.29) is 11.5 Å². The molecule has 0 bridgehead atoms. The zero-order valence-corrected chi connectivity index (χ0v) is 13.0. The van der Waals surface area contributed by atoms with Crippen LogP contribution in [0.3, 0.4) is 0 Å². The number of likely N-dealkylation sites (N-methyl/N-ethyl adjacent to an activating group) is 1. The summed E-state index contributed by atoms with van der Waals surface area (Å²) in [6, 6.07) is 10.0. The van der Waals surface area contributed by atoms with Gasteiger partial charge in [-0.1, -0.05) is 15.9 Å². The van der Waals surface area contributed by atoms with Crippen LogP contribution in [0.5, 0.6) is 5.75 Å². The Hall–Kier alpha value is -1.95. The first-order chi connectivity index (χ1) is 10.1. The van der Waals surface area contributed by atoms with Crippen molar-refractivity contribution >= 4 is 21.8 Å². The van der Waals surface area contributed by atoms with Crippen molar-refractivity contribution in [3.63, 3.8) is 0 Å². The van der Waals surface area contributed by atoms with Gasteiger partial charge in [-0.2, -0.15) is 4.39 Å². The number of ether oxygens (including phenoxy) is 1. The molecule has 1 aromatic carbocycles. The van der Waals surface area contributed by atoms with E-state index in [1.54, 1.807) is 7.05 Å². The van der Waals surface area contributed by atoms with E-state index in [1.807, 2.05) is 24.3 Å². The van der Waals surface area contributed by atoms with Gasteiger partial charge in [0, 0.05) is 29.3 Å². The van der Waals surface area contributed by atoms with E-state index in [0.717, 1.165) is 16.3 Å². The van der Waals surface area contributed by atoms with Gasteiger partial charge in [-0.05, 0) is 30.3 Å². The Morgan fingerprint density at radius 1 is 1.33 bits per heavy atom. The third-order valence-corrected chi connectivity index (χ3v) is 3.36. The van der Waals surface area contributed by atoms with Gasteiger partial charge in [-0.15, -0.1) is 0 Å². The molecule has 0 N–H and O–H groups in total. The summed E-state index contributed by atoms with van der Waals surface area (Å²) >= 11 is 3.34. The van der Waals surface area contributed by atoms with Crippen LogP contribution in [0.25, 0.3) is 0 Å². The van der Waals surface area contributed by atoms with Crippen molar-refractivity contribution in [3.05, 3.63) is 58.6 Å². The molecule has 0 unspecified atom stereocenters. The molecule has 2 rings (SSSR count). The number of carbonyl (C=O) groups is 1. The highest BCUT2D eigenvalue weighted by Gasteiger charge is 2.12. The summed E-state index contributed by atoms with van der Waals surface area (Å²) in [5.74, 6) is -0.204. The molecule has 0 aliphatic carbocycles. The molecule has 0 spiro atoms. The number of amides is 1. The fourth-order valence-corrected chi connectivity index (χ4v) is 1.95. The predicted molar refractivity (Wildman–Crippen MR) is 80.8 cm³/mol. The SMILES string of the molecule is CN(CCOc1ccc(Br)cc1)C(=O)c1ccnc(F)c1. The number of pyridine rings is 1. The zero-order chi connectivity index (χ0) is 15.2. The normalized spacial score (nSPS) is 10.2. The minimum atomic E-state index is -0.666. The minimum Gasteiger partial charge on any atom is -0.492 e. The Morgan fingerprint density at radius 3 is 2.71 bits per heavy atom. The van der Waals surface area contributed by atoms with E-state index in [1.165, 1.54) is 17.2 Å². The second kappa shape index (κ2) is 7.17. The highest BCUT2D eigenvalue weighted by atomic mass is 79.9. The Kier molecular flexibility index (Phi) is 5.27. The van der Waals surface area contributed by atoms with Crippen LogP contribution < -0.4 is 4.74 Å². The quantitative estimate of drug-likeness (QED) is 0.776. The average Bonchev–Trinajstić information content (AvgIpc) is 2.48. The molecule has 1 heterocycles. The van der Waals surface area contributed by atoms with E-state index in [4.69, 9.17) is 4.74 Å². The number of nitrogens with zero attached hydrogens (tertiary/aromatic N) is 2. The predicted octanol–water partition coefficient (Wildman–Crippen LogP) is 3.13. The lowest BCUT2D eigenvalue weighted by Gasteiger charge is -2.17. The Morgan fingerprint density at radius 2 is 2.05 bits per heavy atom. The van der Waals surface area contributed by atoms with Crippen molar-refractivity contribution in [2.45, 2.75) is 0 Å². The van der Waals surface area contributed by atoms with Gasteiger partial charge in [-0.3, -0.25) is 4.79 Å². The topological polar surface area (TPSA) is 42.4 Å². The summed E-state index contributed by atoms with van der Waals surface area (Å²) < 4.78 is 19.5.